The molecular weight excluding hydrogens is 222 g/mol. The van der Waals surface area contributed by atoms with E-state index in [4.69, 9.17) is 0 Å². The molecule has 1 amide bonds. The van der Waals surface area contributed by atoms with E-state index < -0.39 is 0 Å². The smallest absolute Gasteiger partial charge is 0.222 e. The van der Waals surface area contributed by atoms with Crippen molar-refractivity contribution in [1.82, 2.24) is 4.90 Å². The maximum atomic E-state index is 11.3. The van der Waals surface area contributed by atoms with Gasteiger partial charge in [0.15, 0.2) is 0 Å². The van der Waals surface area contributed by atoms with E-state index in [1.807, 2.05) is 4.90 Å². The first-order chi connectivity index (χ1) is 8.52. The highest BCUT2D eigenvalue weighted by molar-refractivity contribution is 5.78. The topological polar surface area (TPSA) is 20.3 Å². The molecule has 106 valence electrons. The van der Waals surface area contributed by atoms with E-state index in [0.29, 0.717) is 11.9 Å². The third-order valence-electron chi connectivity index (χ3n) is 3.29. The largest absolute Gasteiger partial charge is 0.340 e. The van der Waals surface area contributed by atoms with Gasteiger partial charge in [0, 0.05) is 19.0 Å². The number of hydrogen-bond donors (Lipinski definition) is 0. The summed E-state index contributed by atoms with van der Waals surface area (Å²) in [5, 5.41) is 0. The fourth-order valence-corrected chi connectivity index (χ4v) is 2.22. The van der Waals surface area contributed by atoms with E-state index in [0.717, 1.165) is 19.4 Å². The maximum absolute atomic E-state index is 11.3. The third-order valence-corrected chi connectivity index (χ3v) is 3.29. The van der Waals surface area contributed by atoms with Crippen molar-refractivity contribution in [2.24, 2.45) is 0 Å². The van der Waals surface area contributed by atoms with E-state index in [2.05, 4.69) is 34.3 Å². The van der Waals surface area contributed by atoms with Crippen LogP contribution in [-0.4, -0.2) is 23.4 Å². The van der Waals surface area contributed by atoms with Crippen LogP contribution in [0.25, 0.3) is 0 Å². The Bertz CT molecular complexity index is 247. The average Bonchev–Trinajstić information content (AvgIpc) is 2.73. The Morgan fingerprint density at radius 2 is 2.06 bits per heavy atom. The predicted molar refractivity (Wildman–Crippen MR) is 79.7 cm³/mol. The van der Waals surface area contributed by atoms with Gasteiger partial charge in [-0.25, -0.2) is 0 Å². The molecule has 18 heavy (non-hydrogen) atoms. The summed E-state index contributed by atoms with van der Waals surface area (Å²) in [4.78, 5) is 13.3. The second-order valence-electron chi connectivity index (χ2n) is 5.39. The normalized spacial score (nSPS) is 16.2. The predicted octanol–water partition coefficient (Wildman–Crippen LogP) is 4.55. The van der Waals surface area contributed by atoms with Crippen molar-refractivity contribution in [3.8, 4) is 0 Å². The molecule has 0 radical (unpaired) electrons. The first-order valence-corrected chi connectivity index (χ1v) is 7.46. The molecule has 0 saturated carbocycles. The van der Waals surface area contributed by atoms with Crippen molar-refractivity contribution in [2.45, 2.75) is 78.7 Å². The monoisotopic (exact) mass is 253 g/mol. The molecule has 0 aliphatic carbocycles. The molecule has 0 aromatic carbocycles. The molecule has 1 rings (SSSR count). The zero-order valence-corrected chi connectivity index (χ0v) is 12.8. The minimum atomic E-state index is 0.360. The number of rotatable bonds is 6. The fraction of sp³-hybridized carbons (Fsp3) is 0.812. The van der Waals surface area contributed by atoms with Crippen molar-refractivity contribution >= 4 is 5.91 Å². The molecule has 1 aliphatic rings. The Kier molecular flexibility index (Phi) is 9.72. The summed E-state index contributed by atoms with van der Waals surface area (Å²) in [5.41, 5.74) is 1.29. The second kappa shape index (κ2) is 10.2. The van der Waals surface area contributed by atoms with Crippen molar-refractivity contribution in [3.63, 3.8) is 0 Å². The van der Waals surface area contributed by atoms with Gasteiger partial charge in [-0.1, -0.05) is 38.7 Å². The molecule has 1 unspecified atom stereocenters. The Morgan fingerprint density at radius 1 is 1.39 bits per heavy atom. The third kappa shape index (κ3) is 7.52. The van der Waals surface area contributed by atoms with Gasteiger partial charge in [0.05, 0.1) is 0 Å². The molecule has 1 atom stereocenters. The number of amides is 1. The van der Waals surface area contributed by atoms with Gasteiger partial charge in [-0.05, 0) is 33.1 Å². The van der Waals surface area contributed by atoms with Crippen LogP contribution in [0.15, 0.2) is 12.2 Å². The van der Waals surface area contributed by atoms with Crippen LogP contribution in [0.4, 0.5) is 0 Å². The minimum absolute atomic E-state index is 0.360. The van der Waals surface area contributed by atoms with E-state index in [1.165, 1.54) is 37.7 Å². The Hall–Kier alpha value is -0.790. The standard InChI is InChI=1S/C10H19NO.C6H12/c1-3-4-6-9(2)11-8-5-7-10(11)12;1-4-5-6(2)3/h9H,3-8H2,1-2H3;2,4-5H2,1,3H3. The van der Waals surface area contributed by atoms with Gasteiger partial charge >= 0.3 is 0 Å². The number of likely N-dealkylation sites (tertiary alicyclic amines) is 1. The zero-order chi connectivity index (χ0) is 14.0. The van der Waals surface area contributed by atoms with E-state index in [1.54, 1.807) is 0 Å². The SMILES string of the molecule is C=C(C)CCC.CCCCC(C)N1CCCC1=O. The molecule has 1 saturated heterocycles. The summed E-state index contributed by atoms with van der Waals surface area (Å²) >= 11 is 0. The fourth-order valence-electron chi connectivity index (χ4n) is 2.22. The van der Waals surface area contributed by atoms with Crippen LogP contribution in [0.1, 0.15) is 72.6 Å². The molecule has 0 aromatic heterocycles. The van der Waals surface area contributed by atoms with Crippen LogP contribution >= 0.6 is 0 Å². The van der Waals surface area contributed by atoms with E-state index in [9.17, 15) is 4.79 Å². The summed E-state index contributed by atoms with van der Waals surface area (Å²) in [6.07, 6.45) is 7.89. The molecule has 0 bridgehead atoms. The molecule has 0 spiro atoms. The lowest BCUT2D eigenvalue weighted by Gasteiger charge is -2.23. The first-order valence-electron chi connectivity index (χ1n) is 7.46. The highest BCUT2D eigenvalue weighted by Gasteiger charge is 2.24. The number of allylic oxidation sites excluding steroid dienone is 1. The zero-order valence-electron chi connectivity index (χ0n) is 12.8. The summed E-state index contributed by atoms with van der Waals surface area (Å²) < 4.78 is 0. The van der Waals surface area contributed by atoms with Crippen LogP contribution in [0, 0.1) is 0 Å². The van der Waals surface area contributed by atoms with Gasteiger partial charge in [-0.3, -0.25) is 4.79 Å². The summed E-state index contributed by atoms with van der Waals surface area (Å²) in [6, 6.07) is 0.472. The summed E-state index contributed by atoms with van der Waals surface area (Å²) in [6.45, 7) is 13.3. The second-order valence-corrected chi connectivity index (χ2v) is 5.39. The van der Waals surface area contributed by atoms with Gasteiger partial charge < -0.3 is 4.90 Å². The number of carbonyl (C=O) groups excluding carboxylic acids is 1. The Morgan fingerprint density at radius 3 is 2.39 bits per heavy atom. The van der Waals surface area contributed by atoms with E-state index >= 15 is 0 Å². The van der Waals surface area contributed by atoms with Crippen LogP contribution in [-0.2, 0) is 4.79 Å². The van der Waals surface area contributed by atoms with Crippen molar-refractivity contribution < 1.29 is 4.79 Å². The van der Waals surface area contributed by atoms with E-state index in [-0.39, 0.29) is 0 Å². The number of carbonyl (C=O) groups is 1. The molecule has 0 aromatic rings. The van der Waals surface area contributed by atoms with Gasteiger partial charge in [0.1, 0.15) is 0 Å². The molecule has 1 aliphatic heterocycles. The Balaban J connectivity index is 0.000000411. The van der Waals surface area contributed by atoms with Gasteiger partial charge in [0.2, 0.25) is 5.91 Å². The number of unbranched alkanes of at least 4 members (excludes halogenated alkanes) is 1. The first kappa shape index (κ1) is 17.2. The van der Waals surface area contributed by atoms with Gasteiger partial charge in [0.25, 0.3) is 0 Å². The summed E-state index contributed by atoms with van der Waals surface area (Å²) in [7, 11) is 0. The van der Waals surface area contributed by atoms with Crippen LogP contribution in [0.2, 0.25) is 0 Å². The average molecular weight is 253 g/mol. The lowest BCUT2D eigenvalue weighted by molar-refractivity contribution is -0.129. The van der Waals surface area contributed by atoms with Crippen molar-refractivity contribution in [1.29, 1.82) is 0 Å². The highest BCUT2D eigenvalue weighted by atomic mass is 16.2. The van der Waals surface area contributed by atoms with Crippen molar-refractivity contribution in [3.05, 3.63) is 12.2 Å². The lowest BCUT2D eigenvalue weighted by Crippen LogP contribution is -2.33. The highest BCUT2D eigenvalue weighted by Crippen LogP contribution is 2.16. The van der Waals surface area contributed by atoms with Gasteiger partial charge in [-0.15, -0.1) is 6.58 Å². The molecule has 1 heterocycles. The minimum Gasteiger partial charge on any atom is -0.340 e. The Labute approximate surface area is 113 Å². The molecule has 2 nitrogen and oxygen atoms in total. The molecule has 2 heteroatoms. The lowest BCUT2D eigenvalue weighted by atomic mass is 10.1. The molecule has 1 fully saturated rings. The van der Waals surface area contributed by atoms with Crippen LogP contribution in [0.5, 0.6) is 0 Å². The van der Waals surface area contributed by atoms with Gasteiger partial charge in [-0.2, -0.15) is 0 Å². The van der Waals surface area contributed by atoms with Crippen molar-refractivity contribution in [2.75, 3.05) is 6.54 Å². The maximum Gasteiger partial charge on any atom is 0.222 e. The quantitative estimate of drug-likeness (QED) is 0.636. The summed E-state index contributed by atoms with van der Waals surface area (Å²) in [5.74, 6) is 0.360. The molecule has 0 N–H and O–H groups in total. The number of hydrogen-bond acceptors (Lipinski definition) is 1. The van der Waals surface area contributed by atoms with Crippen LogP contribution in [0.3, 0.4) is 0 Å². The molecular formula is C16H31NO. The van der Waals surface area contributed by atoms with Crippen LogP contribution < -0.4 is 0 Å². The number of nitrogens with zero attached hydrogens (tertiary/aromatic N) is 1.